The van der Waals surface area contributed by atoms with Gasteiger partial charge in [-0.15, -0.1) is 0 Å². The van der Waals surface area contributed by atoms with Gasteiger partial charge in [-0.05, 0) is 80.5 Å². The molecule has 4 fully saturated rings. The second-order valence-electron chi connectivity index (χ2n) is 9.95. The summed E-state index contributed by atoms with van der Waals surface area (Å²) in [6.45, 7) is 9.18. The molecule has 6 atom stereocenters. The molecule has 0 aromatic rings. The maximum atomic E-state index is 6.29. The van der Waals surface area contributed by atoms with Gasteiger partial charge >= 0.3 is 0 Å². The number of rotatable bonds is 0. The zero-order valence-corrected chi connectivity index (χ0v) is 15.8. The standard InChI is InChI=1S/C22H34O2/c1-15-5-7-17-16-6-8-19-21(3,18(16)9-12-20(15,17)2)10-4-11-22(19)23-13-14-24-22/h5,16-19H,4,6-14H2,1-3H3. The minimum Gasteiger partial charge on any atom is -0.347 e. The van der Waals surface area contributed by atoms with Gasteiger partial charge in [0.25, 0.3) is 0 Å². The van der Waals surface area contributed by atoms with Crippen molar-refractivity contribution in [1.82, 2.24) is 0 Å². The monoisotopic (exact) mass is 330 g/mol. The molecule has 3 saturated carbocycles. The normalized spacial score (nSPS) is 52.5. The molecule has 4 aliphatic carbocycles. The van der Waals surface area contributed by atoms with E-state index in [1.807, 2.05) is 0 Å². The lowest BCUT2D eigenvalue weighted by Gasteiger charge is -2.63. The van der Waals surface area contributed by atoms with E-state index in [0.29, 0.717) is 16.7 Å². The van der Waals surface area contributed by atoms with E-state index in [1.54, 1.807) is 5.57 Å². The average molecular weight is 331 g/mol. The molecule has 134 valence electrons. The van der Waals surface area contributed by atoms with Gasteiger partial charge in [-0.25, -0.2) is 0 Å². The van der Waals surface area contributed by atoms with Gasteiger partial charge in [-0.2, -0.15) is 0 Å². The van der Waals surface area contributed by atoms with E-state index >= 15 is 0 Å². The summed E-state index contributed by atoms with van der Waals surface area (Å²) in [4.78, 5) is 0. The van der Waals surface area contributed by atoms with Crippen LogP contribution in [0.15, 0.2) is 11.6 Å². The molecular weight excluding hydrogens is 296 g/mol. The highest BCUT2D eigenvalue weighted by atomic mass is 16.7. The summed E-state index contributed by atoms with van der Waals surface area (Å²) >= 11 is 0. The van der Waals surface area contributed by atoms with E-state index in [2.05, 4.69) is 26.8 Å². The molecule has 5 rings (SSSR count). The first-order chi connectivity index (χ1) is 11.5. The van der Waals surface area contributed by atoms with Crippen LogP contribution in [0.5, 0.6) is 0 Å². The average Bonchev–Trinajstić information content (AvgIpc) is 3.13. The second kappa shape index (κ2) is 5.10. The molecule has 1 aliphatic heterocycles. The molecule has 1 saturated heterocycles. The highest BCUT2D eigenvalue weighted by molar-refractivity contribution is 5.24. The van der Waals surface area contributed by atoms with Crippen LogP contribution < -0.4 is 0 Å². The summed E-state index contributed by atoms with van der Waals surface area (Å²) < 4.78 is 12.6. The summed E-state index contributed by atoms with van der Waals surface area (Å²) in [6.07, 6.45) is 13.3. The van der Waals surface area contributed by atoms with Gasteiger partial charge in [0.05, 0.1) is 13.2 Å². The van der Waals surface area contributed by atoms with Crippen LogP contribution in [0.25, 0.3) is 0 Å². The van der Waals surface area contributed by atoms with Gasteiger partial charge in [0, 0.05) is 12.3 Å². The Morgan fingerprint density at radius 1 is 0.958 bits per heavy atom. The van der Waals surface area contributed by atoms with Gasteiger partial charge in [-0.3, -0.25) is 0 Å². The van der Waals surface area contributed by atoms with Crippen LogP contribution in [0, 0.1) is 34.5 Å². The van der Waals surface area contributed by atoms with E-state index in [0.717, 1.165) is 37.4 Å². The van der Waals surface area contributed by atoms with E-state index in [4.69, 9.17) is 9.47 Å². The summed E-state index contributed by atoms with van der Waals surface area (Å²) in [5.41, 5.74) is 2.61. The fourth-order valence-corrected chi connectivity index (χ4v) is 8.03. The van der Waals surface area contributed by atoms with E-state index < -0.39 is 0 Å². The lowest BCUT2D eigenvalue weighted by Crippen LogP contribution is -2.59. The van der Waals surface area contributed by atoms with Crippen LogP contribution in [0.4, 0.5) is 0 Å². The van der Waals surface area contributed by atoms with Gasteiger partial charge in [0.2, 0.25) is 0 Å². The Morgan fingerprint density at radius 3 is 2.54 bits per heavy atom. The molecule has 2 nitrogen and oxygen atoms in total. The highest BCUT2D eigenvalue weighted by Gasteiger charge is 2.63. The van der Waals surface area contributed by atoms with Crippen molar-refractivity contribution in [2.45, 2.75) is 77.9 Å². The second-order valence-corrected chi connectivity index (χ2v) is 9.95. The number of hydrogen-bond acceptors (Lipinski definition) is 2. The van der Waals surface area contributed by atoms with Crippen molar-refractivity contribution in [2.24, 2.45) is 34.5 Å². The van der Waals surface area contributed by atoms with Gasteiger partial charge in [0.15, 0.2) is 5.79 Å². The van der Waals surface area contributed by atoms with Crippen molar-refractivity contribution in [3.8, 4) is 0 Å². The molecular formula is C22H34O2. The fourth-order valence-electron chi connectivity index (χ4n) is 8.03. The van der Waals surface area contributed by atoms with Crippen molar-refractivity contribution in [3.05, 3.63) is 11.6 Å². The Hall–Kier alpha value is -0.340. The number of allylic oxidation sites excluding steroid dienone is 2. The Morgan fingerprint density at radius 2 is 1.75 bits per heavy atom. The van der Waals surface area contributed by atoms with Crippen molar-refractivity contribution in [2.75, 3.05) is 13.2 Å². The van der Waals surface area contributed by atoms with Gasteiger partial charge in [-0.1, -0.05) is 25.5 Å². The van der Waals surface area contributed by atoms with Gasteiger partial charge < -0.3 is 9.47 Å². The maximum Gasteiger partial charge on any atom is 0.171 e. The van der Waals surface area contributed by atoms with E-state index in [9.17, 15) is 0 Å². The fraction of sp³-hybridized carbons (Fsp3) is 0.909. The van der Waals surface area contributed by atoms with Crippen molar-refractivity contribution >= 4 is 0 Å². The molecule has 5 aliphatic rings. The predicted octanol–water partition coefficient (Wildman–Crippen LogP) is 5.33. The predicted molar refractivity (Wildman–Crippen MR) is 95.5 cm³/mol. The first kappa shape index (κ1) is 15.9. The molecule has 0 radical (unpaired) electrons. The largest absolute Gasteiger partial charge is 0.347 e. The lowest BCUT2D eigenvalue weighted by molar-refractivity contribution is -0.272. The van der Waals surface area contributed by atoms with Crippen molar-refractivity contribution in [1.29, 1.82) is 0 Å². The Bertz CT molecular complexity index is 560. The molecule has 1 heterocycles. The molecule has 0 bridgehead atoms. The summed E-state index contributed by atoms with van der Waals surface area (Å²) in [7, 11) is 0. The van der Waals surface area contributed by atoms with E-state index in [-0.39, 0.29) is 5.79 Å². The molecule has 0 aromatic carbocycles. The van der Waals surface area contributed by atoms with Crippen molar-refractivity contribution < 1.29 is 9.47 Å². The Balaban J connectivity index is 1.48. The van der Waals surface area contributed by atoms with Crippen LogP contribution in [0.3, 0.4) is 0 Å². The third kappa shape index (κ3) is 1.85. The molecule has 2 heteroatoms. The van der Waals surface area contributed by atoms with Crippen LogP contribution >= 0.6 is 0 Å². The lowest BCUT2D eigenvalue weighted by atomic mass is 9.44. The molecule has 0 N–H and O–H groups in total. The van der Waals surface area contributed by atoms with Crippen LogP contribution in [-0.4, -0.2) is 19.0 Å². The van der Waals surface area contributed by atoms with Crippen molar-refractivity contribution in [3.63, 3.8) is 0 Å². The Kier molecular flexibility index (Phi) is 3.37. The highest BCUT2D eigenvalue weighted by Crippen LogP contribution is 2.68. The minimum absolute atomic E-state index is 0.220. The Labute approximate surface area is 147 Å². The van der Waals surface area contributed by atoms with E-state index in [1.165, 1.54) is 44.9 Å². The minimum atomic E-state index is -0.220. The van der Waals surface area contributed by atoms with Gasteiger partial charge in [0.1, 0.15) is 0 Å². The van der Waals surface area contributed by atoms with Crippen LogP contribution in [0.2, 0.25) is 0 Å². The smallest absolute Gasteiger partial charge is 0.171 e. The number of hydrogen-bond donors (Lipinski definition) is 0. The molecule has 1 spiro atoms. The summed E-state index contributed by atoms with van der Waals surface area (Å²) in [5, 5.41) is 0. The topological polar surface area (TPSA) is 18.5 Å². The summed E-state index contributed by atoms with van der Waals surface area (Å²) in [5.74, 6) is 3.12. The van der Waals surface area contributed by atoms with Crippen LogP contribution in [-0.2, 0) is 9.47 Å². The maximum absolute atomic E-state index is 6.29. The third-order valence-corrected chi connectivity index (χ3v) is 9.39. The SMILES string of the molecule is CC1=CCC2C3CCC4C5(CCCC4(C)C3CCC12C)OCCO5. The first-order valence-electron chi connectivity index (χ1n) is 10.4. The number of fused-ring (bicyclic) bond motifs is 6. The first-order valence-corrected chi connectivity index (χ1v) is 10.4. The summed E-state index contributed by atoms with van der Waals surface area (Å²) in [6, 6.07) is 0. The zero-order valence-electron chi connectivity index (χ0n) is 15.8. The number of ether oxygens (including phenoxy) is 2. The molecule has 24 heavy (non-hydrogen) atoms. The molecule has 0 amide bonds. The van der Waals surface area contributed by atoms with Crippen LogP contribution in [0.1, 0.15) is 72.1 Å². The molecule has 0 aromatic heterocycles. The third-order valence-electron chi connectivity index (χ3n) is 9.39. The quantitative estimate of drug-likeness (QED) is 0.559. The zero-order chi connectivity index (χ0) is 16.6. The molecule has 6 unspecified atom stereocenters.